The first-order chi connectivity index (χ1) is 9.89. The molecule has 0 saturated carbocycles. The van der Waals surface area contributed by atoms with Crippen LogP contribution in [0.2, 0.25) is 0 Å². The summed E-state index contributed by atoms with van der Waals surface area (Å²) in [7, 11) is 0. The molecule has 2 N–H and O–H groups in total. The largest absolute Gasteiger partial charge is 0.481 e. The van der Waals surface area contributed by atoms with Crippen LogP contribution in [0.15, 0.2) is 5.16 Å². The molecule has 0 spiro atoms. The average molecular weight is 315 g/mol. The summed E-state index contributed by atoms with van der Waals surface area (Å²) in [6, 6.07) is 0. The monoisotopic (exact) mass is 315 g/mol. The van der Waals surface area contributed by atoms with Crippen molar-refractivity contribution in [3.05, 3.63) is 5.82 Å². The van der Waals surface area contributed by atoms with Crippen molar-refractivity contribution in [3.63, 3.8) is 0 Å². The number of thioether (sulfide) groups is 1. The number of aliphatic hydroxyl groups is 1. The van der Waals surface area contributed by atoms with Crippen LogP contribution in [0.3, 0.4) is 0 Å². The maximum atomic E-state index is 10.7. The number of carbonyl (C=O) groups is 1. The van der Waals surface area contributed by atoms with E-state index in [4.69, 9.17) is 5.11 Å². The first-order valence-electron chi connectivity index (χ1n) is 7.27. The molecule has 1 rings (SSSR count). The van der Waals surface area contributed by atoms with Crippen LogP contribution >= 0.6 is 11.8 Å². The molecule has 1 heterocycles. The van der Waals surface area contributed by atoms with Gasteiger partial charge in [0, 0.05) is 6.54 Å². The third-order valence-electron chi connectivity index (χ3n) is 3.30. The predicted octanol–water partition coefficient (Wildman–Crippen LogP) is 2.55. The molecular formula is C14H25N3O3S. The minimum absolute atomic E-state index is 0.0556. The van der Waals surface area contributed by atoms with Crippen LogP contribution < -0.4 is 0 Å². The zero-order valence-corrected chi connectivity index (χ0v) is 13.8. The summed E-state index contributed by atoms with van der Waals surface area (Å²) in [5.74, 6) is -0.450. The maximum Gasteiger partial charge on any atom is 0.313 e. The molecule has 120 valence electrons. The zero-order valence-electron chi connectivity index (χ0n) is 13.0. The molecule has 0 atom stereocenters. The van der Waals surface area contributed by atoms with E-state index >= 15 is 0 Å². The summed E-state index contributed by atoms with van der Waals surface area (Å²) >= 11 is 1.14. The summed E-state index contributed by atoms with van der Waals surface area (Å²) in [5, 5.41) is 26.6. The van der Waals surface area contributed by atoms with E-state index in [1.807, 2.05) is 4.57 Å². The fourth-order valence-electron chi connectivity index (χ4n) is 2.19. The Labute approximate surface area is 130 Å². The molecule has 0 amide bonds. The number of hydrogen-bond donors (Lipinski definition) is 2. The molecule has 0 saturated heterocycles. The van der Waals surface area contributed by atoms with Gasteiger partial charge in [0.05, 0.1) is 5.75 Å². The van der Waals surface area contributed by atoms with E-state index in [1.54, 1.807) is 0 Å². The van der Waals surface area contributed by atoms with E-state index in [9.17, 15) is 9.90 Å². The van der Waals surface area contributed by atoms with Gasteiger partial charge in [0.15, 0.2) is 11.0 Å². The van der Waals surface area contributed by atoms with Gasteiger partial charge in [-0.3, -0.25) is 4.79 Å². The van der Waals surface area contributed by atoms with Crippen LogP contribution in [0.4, 0.5) is 0 Å². The van der Waals surface area contributed by atoms with Crippen molar-refractivity contribution in [2.75, 3.05) is 5.75 Å². The number of aromatic nitrogens is 3. The second-order valence-electron chi connectivity index (χ2n) is 5.95. The molecule has 0 bridgehead atoms. The van der Waals surface area contributed by atoms with Gasteiger partial charge in [0.25, 0.3) is 0 Å². The molecular weight excluding hydrogens is 290 g/mol. The molecule has 0 aromatic carbocycles. The second-order valence-corrected chi connectivity index (χ2v) is 6.89. The van der Waals surface area contributed by atoms with E-state index < -0.39 is 5.97 Å². The summed E-state index contributed by atoms with van der Waals surface area (Å²) in [6.45, 7) is 7.02. The molecule has 0 radical (unpaired) electrons. The fraction of sp³-hybridized carbons (Fsp3) is 0.786. The minimum Gasteiger partial charge on any atom is -0.481 e. The lowest BCUT2D eigenvalue weighted by Gasteiger charge is -2.26. The predicted molar refractivity (Wildman–Crippen MR) is 82.2 cm³/mol. The topological polar surface area (TPSA) is 88.2 Å². The number of nitrogens with zero attached hydrogens (tertiary/aromatic N) is 3. The van der Waals surface area contributed by atoms with Crippen LogP contribution in [-0.2, 0) is 17.9 Å². The van der Waals surface area contributed by atoms with Gasteiger partial charge in [-0.05, 0) is 11.8 Å². The Morgan fingerprint density at radius 3 is 2.62 bits per heavy atom. The van der Waals surface area contributed by atoms with Gasteiger partial charge in [-0.1, -0.05) is 51.8 Å². The fourth-order valence-corrected chi connectivity index (χ4v) is 2.87. The van der Waals surface area contributed by atoms with Gasteiger partial charge in [0.2, 0.25) is 0 Å². The number of aliphatic hydroxyl groups excluding tert-OH is 1. The Morgan fingerprint density at radius 2 is 2.05 bits per heavy atom. The number of unbranched alkanes of at least 4 members (excludes halogenated alkanes) is 2. The highest BCUT2D eigenvalue weighted by Crippen LogP contribution is 2.29. The highest BCUT2D eigenvalue weighted by Gasteiger charge is 2.23. The number of carboxylic acid groups (broad SMARTS) is 1. The van der Waals surface area contributed by atoms with E-state index in [-0.39, 0.29) is 17.8 Å². The molecule has 7 heteroatoms. The molecule has 6 nitrogen and oxygen atoms in total. The van der Waals surface area contributed by atoms with Crippen molar-refractivity contribution in [1.29, 1.82) is 0 Å². The van der Waals surface area contributed by atoms with E-state index in [1.165, 1.54) is 12.8 Å². The van der Waals surface area contributed by atoms with Crippen molar-refractivity contribution in [3.8, 4) is 0 Å². The minimum atomic E-state index is -0.887. The SMILES string of the molecule is CCCCCC(C)(C)Cn1c(CO)nnc1SCC(=O)O. The molecule has 0 aliphatic heterocycles. The number of aliphatic carboxylic acids is 1. The Kier molecular flexibility index (Phi) is 7.17. The molecule has 0 aliphatic rings. The number of carboxylic acids is 1. The van der Waals surface area contributed by atoms with Gasteiger partial charge in [-0.25, -0.2) is 0 Å². The number of hydrogen-bond acceptors (Lipinski definition) is 5. The highest BCUT2D eigenvalue weighted by molar-refractivity contribution is 7.99. The molecule has 1 aromatic rings. The molecule has 0 aliphatic carbocycles. The molecule has 0 fully saturated rings. The van der Waals surface area contributed by atoms with Crippen LogP contribution in [0.25, 0.3) is 0 Å². The van der Waals surface area contributed by atoms with Gasteiger partial charge >= 0.3 is 5.97 Å². The van der Waals surface area contributed by atoms with Crippen molar-refractivity contribution in [1.82, 2.24) is 14.8 Å². The second kappa shape index (κ2) is 8.38. The summed E-state index contributed by atoms with van der Waals surface area (Å²) in [5.41, 5.74) is 0.0556. The van der Waals surface area contributed by atoms with Crippen molar-refractivity contribution >= 4 is 17.7 Å². The highest BCUT2D eigenvalue weighted by atomic mass is 32.2. The lowest BCUT2D eigenvalue weighted by molar-refractivity contribution is -0.133. The maximum absolute atomic E-state index is 10.7. The smallest absolute Gasteiger partial charge is 0.313 e. The van der Waals surface area contributed by atoms with Crippen LogP contribution in [0.1, 0.15) is 52.3 Å². The Bertz CT molecular complexity index is 460. The first-order valence-corrected chi connectivity index (χ1v) is 8.25. The van der Waals surface area contributed by atoms with Crippen molar-refractivity contribution in [2.24, 2.45) is 5.41 Å². The molecule has 0 unspecified atom stereocenters. The lowest BCUT2D eigenvalue weighted by atomic mass is 9.87. The summed E-state index contributed by atoms with van der Waals surface area (Å²) < 4.78 is 1.85. The lowest BCUT2D eigenvalue weighted by Crippen LogP contribution is -2.22. The Balaban J connectivity index is 2.78. The van der Waals surface area contributed by atoms with Crippen LogP contribution in [0, 0.1) is 5.41 Å². The van der Waals surface area contributed by atoms with E-state index in [0.29, 0.717) is 17.5 Å². The van der Waals surface area contributed by atoms with Gasteiger partial charge in [-0.15, -0.1) is 10.2 Å². The van der Waals surface area contributed by atoms with E-state index in [2.05, 4.69) is 31.0 Å². The van der Waals surface area contributed by atoms with Gasteiger partial charge in [-0.2, -0.15) is 0 Å². The average Bonchev–Trinajstić information content (AvgIpc) is 2.78. The first kappa shape index (κ1) is 18.0. The third kappa shape index (κ3) is 6.05. The van der Waals surface area contributed by atoms with Crippen molar-refractivity contribution in [2.45, 2.75) is 64.8 Å². The van der Waals surface area contributed by atoms with Gasteiger partial charge in [0.1, 0.15) is 6.61 Å². The standard InChI is InChI=1S/C14H25N3O3S/c1-4-5-6-7-14(2,3)10-17-11(8-18)15-16-13(17)21-9-12(19)20/h18H,4-10H2,1-3H3,(H,19,20). The Hall–Kier alpha value is -1.08. The summed E-state index contributed by atoms with van der Waals surface area (Å²) in [6.07, 6.45) is 4.63. The quantitative estimate of drug-likeness (QED) is 0.509. The van der Waals surface area contributed by atoms with E-state index in [0.717, 1.165) is 24.6 Å². The molecule has 21 heavy (non-hydrogen) atoms. The summed E-state index contributed by atoms with van der Waals surface area (Å²) in [4.78, 5) is 10.7. The van der Waals surface area contributed by atoms with Crippen LogP contribution in [-0.4, -0.2) is 36.7 Å². The normalized spacial score (nSPS) is 11.8. The Morgan fingerprint density at radius 1 is 1.33 bits per heavy atom. The molecule has 1 aromatic heterocycles. The van der Waals surface area contributed by atoms with Crippen LogP contribution in [0.5, 0.6) is 0 Å². The third-order valence-corrected chi connectivity index (χ3v) is 4.25. The number of rotatable bonds is 10. The zero-order chi connectivity index (χ0) is 15.9. The van der Waals surface area contributed by atoms with Crippen molar-refractivity contribution < 1.29 is 15.0 Å². The van der Waals surface area contributed by atoms with Gasteiger partial charge < -0.3 is 14.8 Å².